The Labute approximate surface area is 120 Å². The summed E-state index contributed by atoms with van der Waals surface area (Å²) >= 11 is 0. The minimum absolute atomic E-state index is 0.200. The van der Waals surface area contributed by atoms with Crippen LogP contribution in [0.3, 0.4) is 0 Å². The quantitative estimate of drug-likeness (QED) is 0.661. The topological polar surface area (TPSA) is 17.1 Å². The molecule has 1 aliphatic carbocycles. The smallest absolute Gasteiger partial charge is 0.194 e. The Hall–Kier alpha value is -1.89. The van der Waals surface area contributed by atoms with Crippen LogP contribution in [0.4, 0.5) is 0 Å². The first kappa shape index (κ1) is 13.1. The van der Waals surface area contributed by atoms with Crippen LogP contribution in [0.1, 0.15) is 53.7 Å². The molecular formula is C19H20O. The molecule has 0 amide bonds. The van der Waals surface area contributed by atoms with E-state index in [2.05, 4.69) is 50.2 Å². The molecule has 0 aromatic heterocycles. The van der Waals surface area contributed by atoms with Gasteiger partial charge in [-0.1, -0.05) is 51.0 Å². The fourth-order valence-corrected chi connectivity index (χ4v) is 3.06. The average Bonchev–Trinajstić information content (AvgIpc) is 2.73. The summed E-state index contributed by atoms with van der Waals surface area (Å²) in [4.78, 5) is 12.6. The molecule has 102 valence electrons. The van der Waals surface area contributed by atoms with E-state index in [9.17, 15) is 4.79 Å². The summed E-state index contributed by atoms with van der Waals surface area (Å²) in [5, 5.41) is 0. The van der Waals surface area contributed by atoms with E-state index in [1.807, 2.05) is 0 Å². The highest BCUT2D eigenvalue weighted by molar-refractivity contribution is 6.21. The summed E-state index contributed by atoms with van der Waals surface area (Å²) in [5.74, 6) is 0.200. The zero-order valence-corrected chi connectivity index (χ0v) is 12.2. The second kappa shape index (κ2) is 5.24. The normalized spacial score (nSPS) is 12.4. The van der Waals surface area contributed by atoms with Crippen molar-refractivity contribution in [3.05, 3.63) is 58.7 Å². The molecule has 1 heteroatoms. The van der Waals surface area contributed by atoms with Crippen molar-refractivity contribution in [1.82, 2.24) is 0 Å². The summed E-state index contributed by atoms with van der Waals surface area (Å²) in [6, 6.07) is 12.7. The van der Waals surface area contributed by atoms with Gasteiger partial charge in [-0.15, -0.1) is 0 Å². The van der Waals surface area contributed by atoms with Crippen molar-refractivity contribution in [3.63, 3.8) is 0 Å². The van der Waals surface area contributed by atoms with Crippen LogP contribution in [-0.4, -0.2) is 5.78 Å². The van der Waals surface area contributed by atoms with Gasteiger partial charge in [0.05, 0.1) is 0 Å². The maximum Gasteiger partial charge on any atom is 0.194 e. The van der Waals surface area contributed by atoms with Gasteiger partial charge in [-0.05, 0) is 47.2 Å². The molecular weight excluding hydrogens is 244 g/mol. The van der Waals surface area contributed by atoms with Crippen molar-refractivity contribution in [3.8, 4) is 11.1 Å². The third-order valence-corrected chi connectivity index (χ3v) is 4.02. The summed E-state index contributed by atoms with van der Waals surface area (Å²) < 4.78 is 0. The third kappa shape index (κ3) is 2.07. The van der Waals surface area contributed by atoms with Gasteiger partial charge in [0.15, 0.2) is 5.78 Å². The second-order valence-electron chi connectivity index (χ2n) is 5.59. The van der Waals surface area contributed by atoms with E-state index in [1.54, 1.807) is 0 Å². The van der Waals surface area contributed by atoms with Crippen LogP contribution in [0.2, 0.25) is 0 Å². The van der Waals surface area contributed by atoms with E-state index in [0.717, 1.165) is 47.9 Å². The van der Waals surface area contributed by atoms with Crippen molar-refractivity contribution in [2.45, 2.75) is 39.5 Å². The molecule has 0 saturated carbocycles. The van der Waals surface area contributed by atoms with Crippen molar-refractivity contribution < 1.29 is 4.79 Å². The highest BCUT2D eigenvalue weighted by atomic mass is 16.1. The van der Waals surface area contributed by atoms with Gasteiger partial charge in [0.1, 0.15) is 0 Å². The van der Waals surface area contributed by atoms with E-state index < -0.39 is 0 Å². The first-order valence-corrected chi connectivity index (χ1v) is 7.55. The zero-order valence-electron chi connectivity index (χ0n) is 12.2. The van der Waals surface area contributed by atoms with Gasteiger partial charge in [0.25, 0.3) is 0 Å². The Balaban J connectivity index is 2.06. The maximum atomic E-state index is 12.6. The van der Waals surface area contributed by atoms with Crippen LogP contribution in [0.15, 0.2) is 36.4 Å². The van der Waals surface area contributed by atoms with Gasteiger partial charge in [-0.3, -0.25) is 4.79 Å². The van der Waals surface area contributed by atoms with Crippen molar-refractivity contribution >= 4 is 5.78 Å². The van der Waals surface area contributed by atoms with Gasteiger partial charge in [-0.25, -0.2) is 0 Å². The second-order valence-corrected chi connectivity index (χ2v) is 5.59. The molecule has 0 bridgehead atoms. The lowest BCUT2D eigenvalue weighted by Crippen LogP contribution is -1.97. The number of rotatable bonds is 4. The lowest BCUT2D eigenvalue weighted by atomic mass is 10.0. The standard InChI is InChI=1S/C19H20O/c1-3-5-13-7-9-15-16-10-8-14(6-4-2)12-18(16)19(20)17(15)11-13/h7-12H,3-6H2,1-2H3. The van der Waals surface area contributed by atoms with Crippen LogP contribution in [0.5, 0.6) is 0 Å². The summed E-state index contributed by atoms with van der Waals surface area (Å²) in [7, 11) is 0. The molecule has 2 aromatic rings. The van der Waals surface area contributed by atoms with Gasteiger partial charge in [-0.2, -0.15) is 0 Å². The molecule has 0 aliphatic heterocycles. The van der Waals surface area contributed by atoms with Crippen LogP contribution >= 0.6 is 0 Å². The number of aryl methyl sites for hydroxylation is 2. The average molecular weight is 264 g/mol. The molecule has 0 unspecified atom stereocenters. The minimum Gasteiger partial charge on any atom is -0.289 e. The molecule has 0 N–H and O–H groups in total. The summed E-state index contributed by atoms with van der Waals surface area (Å²) in [6.07, 6.45) is 4.30. The number of carbonyl (C=O) groups is 1. The van der Waals surface area contributed by atoms with Crippen molar-refractivity contribution in [1.29, 1.82) is 0 Å². The monoisotopic (exact) mass is 264 g/mol. The van der Waals surface area contributed by atoms with Crippen LogP contribution in [0.25, 0.3) is 11.1 Å². The Kier molecular flexibility index (Phi) is 3.43. The third-order valence-electron chi connectivity index (χ3n) is 4.02. The number of benzene rings is 2. The predicted octanol–water partition coefficient (Wildman–Crippen LogP) is 4.80. The Bertz CT molecular complexity index is 610. The van der Waals surface area contributed by atoms with E-state index in [-0.39, 0.29) is 5.78 Å². The molecule has 0 saturated heterocycles. The number of hydrogen-bond acceptors (Lipinski definition) is 1. The van der Waals surface area contributed by atoms with Gasteiger partial charge in [0.2, 0.25) is 0 Å². The Morgan fingerprint density at radius 3 is 1.55 bits per heavy atom. The molecule has 20 heavy (non-hydrogen) atoms. The van der Waals surface area contributed by atoms with E-state index in [1.165, 1.54) is 11.1 Å². The molecule has 1 nitrogen and oxygen atoms in total. The lowest BCUT2D eigenvalue weighted by molar-refractivity contribution is 0.104. The molecule has 0 atom stereocenters. The SMILES string of the molecule is CCCc1ccc2c(c1)C(=O)c1cc(CCC)ccc1-2. The molecule has 1 aliphatic rings. The van der Waals surface area contributed by atoms with Crippen LogP contribution in [0, 0.1) is 0 Å². The molecule has 0 radical (unpaired) electrons. The fraction of sp³-hybridized carbons (Fsp3) is 0.316. The highest BCUT2D eigenvalue weighted by Crippen LogP contribution is 2.37. The highest BCUT2D eigenvalue weighted by Gasteiger charge is 2.26. The predicted molar refractivity (Wildman–Crippen MR) is 83.3 cm³/mol. The van der Waals surface area contributed by atoms with Gasteiger partial charge < -0.3 is 0 Å². The molecule has 0 fully saturated rings. The van der Waals surface area contributed by atoms with Gasteiger partial charge >= 0.3 is 0 Å². The fourth-order valence-electron chi connectivity index (χ4n) is 3.06. The zero-order chi connectivity index (χ0) is 14.1. The minimum atomic E-state index is 0.200. The van der Waals surface area contributed by atoms with E-state index in [4.69, 9.17) is 0 Å². The lowest BCUT2D eigenvalue weighted by Gasteiger charge is -2.04. The summed E-state index contributed by atoms with van der Waals surface area (Å²) in [5.41, 5.74) is 6.52. The molecule has 2 aromatic carbocycles. The van der Waals surface area contributed by atoms with Gasteiger partial charge in [0, 0.05) is 11.1 Å². The number of ketones is 1. The molecule has 0 heterocycles. The number of fused-ring (bicyclic) bond motifs is 3. The van der Waals surface area contributed by atoms with E-state index >= 15 is 0 Å². The van der Waals surface area contributed by atoms with Crippen LogP contribution < -0.4 is 0 Å². The number of hydrogen-bond donors (Lipinski definition) is 0. The first-order chi connectivity index (χ1) is 9.74. The Morgan fingerprint density at radius 1 is 0.700 bits per heavy atom. The first-order valence-electron chi connectivity index (χ1n) is 7.55. The molecule has 3 rings (SSSR count). The largest absolute Gasteiger partial charge is 0.289 e. The maximum absolute atomic E-state index is 12.6. The Morgan fingerprint density at radius 2 is 1.15 bits per heavy atom. The molecule has 0 spiro atoms. The summed E-state index contributed by atoms with van der Waals surface area (Å²) in [6.45, 7) is 4.33. The van der Waals surface area contributed by atoms with Crippen molar-refractivity contribution in [2.75, 3.05) is 0 Å². The number of carbonyl (C=O) groups excluding carboxylic acids is 1. The van der Waals surface area contributed by atoms with E-state index in [0.29, 0.717) is 0 Å². The van der Waals surface area contributed by atoms with Crippen LogP contribution in [-0.2, 0) is 12.8 Å². The van der Waals surface area contributed by atoms with Crippen molar-refractivity contribution in [2.24, 2.45) is 0 Å².